The highest BCUT2D eigenvalue weighted by Crippen LogP contribution is 2.30. The Bertz CT molecular complexity index is 697. The fourth-order valence-corrected chi connectivity index (χ4v) is 4.23. The van der Waals surface area contributed by atoms with E-state index < -0.39 is 5.97 Å². The lowest BCUT2D eigenvalue weighted by atomic mass is 9.87. The Kier molecular flexibility index (Phi) is 6.31. The summed E-state index contributed by atoms with van der Waals surface area (Å²) in [6, 6.07) is 4.75. The van der Waals surface area contributed by atoms with Crippen molar-refractivity contribution in [2.24, 2.45) is 0 Å². The third-order valence-electron chi connectivity index (χ3n) is 5.71. The number of hydrogen-bond acceptors (Lipinski definition) is 3. The molecule has 1 aliphatic heterocycles. The molecule has 1 aliphatic carbocycles. The van der Waals surface area contributed by atoms with E-state index in [1.807, 2.05) is 22.9 Å². The van der Waals surface area contributed by atoms with Gasteiger partial charge in [0, 0.05) is 19.1 Å². The largest absolute Gasteiger partial charge is 0.480 e. The SMILES string of the molecule is CN(CC(=O)O)C1CCCN(C(=O)N[C@H]2CCCc3ccc(F)cc32)CC1. The number of halogens is 1. The van der Waals surface area contributed by atoms with Crippen LogP contribution in [0.25, 0.3) is 0 Å². The lowest BCUT2D eigenvalue weighted by Crippen LogP contribution is -2.43. The molecule has 1 fully saturated rings. The van der Waals surface area contributed by atoms with Gasteiger partial charge in [0.1, 0.15) is 5.82 Å². The number of nitrogens with one attached hydrogen (secondary N) is 1. The Morgan fingerprint density at radius 2 is 2.07 bits per heavy atom. The highest BCUT2D eigenvalue weighted by atomic mass is 19.1. The summed E-state index contributed by atoms with van der Waals surface area (Å²) in [6.45, 7) is 1.27. The zero-order valence-corrected chi connectivity index (χ0v) is 15.8. The van der Waals surface area contributed by atoms with E-state index in [-0.39, 0.29) is 30.5 Å². The molecule has 0 spiro atoms. The molecule has 2 aliphatic rings. The van der Waals surface area contributed by atoms with Gasteiger partial charge in [-0.15, -0.1) is 0 Å². The molecule has 1 heterocycles. The van der Waals surface area contributed by atoms with Crippen molar-refractivity contribution in [2.45, 2.75) is 50.6 Å². The van der Waals surface area contributed by atoms with Crippen LogP contribution in [0.2, 0.25) is 0 Å². The third-order valence-corrected chi connectivity index (χ3v) is 5.71. The van der Waals surface area contributed by atoms with Crippen LogP contribution in [0.3, 0.4) is 0 Å². The number of benzene rings is 1. The van der Waals surface area contributed by atoms with Gasteiger partial charge in [-0.2, -0.15) is 0 Å². The van der Waals surface area contributed by atoms with Crippen molar-refractivity contribution >= 4 is 12.0 Å². The molecule has 2 amide bonds. The number of fused-ring (bicyclic) bond motifs is 1. The van der Waals surface area contributed by atoms with E-state index in [1.165, 1.54) is 6.07 Å². The fraction of sp³-hybridized carbons (Fsp3) is 0.600. The van der Waals surface area contributed by atoms with E-state index in [2.05, 4.69) is 5.32 Å². The van der Waals surface area contributed by atoms with Crippen molar-refractivity contribution in [2.75, 3.05) is 26.7 Å². The van der Waals surface area contributed by atoms with Gasteiger partial charge in [-0.25, -0.2) is 9.18 Å². The molecule has 0 bridgehead atoms. The summed E-state index contributed by atoms with van der Waals surface area (Å²) in [5, 5.41) is 12.1. The summed E-state index contributed by atoms with van der Waals surface area (Å²) in [7, 11) is 1.82. The standard InChI is InChI=1S/C20H28FN3O3/c1-23(13-19(25)26)16-5-3-10-24(11-9-16)20(27)22-18-6-2-4-14-7-8-15(21)12-17(14)18/h7-8,12,16,18H,2-6,9-11,13H2,1H3,(H,22,27)(H,25,26)/t16?,18-/m0/s1. The van der Waals surface area contributed by atoms with Crippen molar-refractivity contribution in [3.05, 3.63) is 35.1 Å². The maximum atomic E-state index is 13.7. The Hall–Kier alpha value is -2.15. The molecule has 7 heteroatoms. The van der Waals surface area contributed by atoms with E-state index in [0.717, 1.165) is 49.7 Å². The number of aryl methyl sites for hydroxylation is 1. The van der Waals surface area contributed by atoms with Crippen LogP contribution in [-0.2, 0) is 11.2 Å². The Morgan fingerprint density at radius 1 is 1.26 bits per heavy atom. The first kappa shape index (κ1) is 19.6. The highest BCUT2D eigenvalue weighted by Gasteiger charge is 2.27. The minimum absolute atomic E-state index is 0.0152. The zero-order valence-electron chi connectivity index (χ0n) is 15.8. The second-order valence-electron chi connectivity index (χ2n) is 7.62. The number of likely N-dealkylation sites (N-methyl/N-ethyl adjacent to an activating group) is 1. The van der Waals surface area contributed by atoms with Crippen LogP contribution in [0.15, 0.2) is 18.2 Å². The predicted molar refractivity (Wildman–Crippen MR) is 100 cm³/mol. The molecular formula is C20H28FN3O3. The van der Waals surface area contributed by atoms with Crippen LogP contribution < -0.4 is 5.32 Å². The molecule has 0 radical (unpaired) electrons. The number of carboxylic acids is 1. The first-order valence-corrected chi connectivity index (χ1v) is 9.70. The quantitative estimate of drug-likeness (QED) is 0.846. The highest BCUT2D eigenvalue weighted by molar-refractivity contribution is 5.75. The van der Waals surface area contributed by atoms with Gasteiger partial charge < -0.3 is 15.3 Å². The average Bonchev–Trinajstić information content (AvgIpc) is 2.88. The smallest absolute Gasteiger partial charge is 0.317 e. The fourth-order valence-electron chi connectivity index (χ4n) is 4.23. The number of amides is 2. The molecule has 1 unspecified atom stereocenters. The van der Waals surface area contributed by atoms with Gasteiger partial charge in [-0.1, -0.05) is 6.07 Å². The number of hydrogen-bond donors (Lipinski definition) is 2. The van der Waals surface area contributed by atoms with Gasteiger partial charge in [0.05, 0.1) is 12.6 Å². The van der Waals surface area contributed by atoms with E-state index in [0.29, 0.717) is 13.1 Å². The molecule has 1 aromatic carbocycles. The number of carboxylic acid groups (broad SMARTS) is 1. The molecule has 2 N–H and O–H groups in total. The van der Waals surface area contributed by atoms with Crippen molar-refractivity contribution in [1.29, 1.82) is 0 Å². The summed E-state index contributed by atoms with van der Waals surface area (Å²) in [4.78, 5) is 27.4. The second-order valence-corrected chi connectivity index (χ2v) is 7.62. The number of likely N-dealkylation sites (tertiary alicyclic amines) is 1. The molecule has 0 saturated carbocycles. The normalized spacial score (nSPS) is 22.9. The lowest BCUT2D eigenvalue weighted by Gasteiger charge is -2.30. The third kappa shape index (κ3) is 4.97. The number of rotatable bonds is 4. The number of aliphatic carboxylic acids is 1. The summed E-state index contributed by atoms with van der Waals surface area (Å²) < 4.78 is 13.7. The maximum absolute atomic E-state index is 13.7. The van der Waals surface area contributed by atoms with Crippen LogP contribution >= 0.6 is 0 Å². The monoisotopic (exact) mass is 377 g/mol. The van der Waals surface area contributed by atoms with Crippen LogP contribution in [-0.4, -0.2) is 59.6 Å². The summed E-state index contributed by atoms with van der Waals surface area (Å²) >= 11 is 0. The number of carbonyl (C=O) groups is 2. The zero-order chi connectivity index (χ0) is 19.4. The van der Waals surface area contributed by atoms with E-state index in [9.17, 15) is 14.0 Å². The van der Waals surface area contributed by atoms with E-state index in [1.54, 1.807) is 6.07 Å². The van der Waals surface area contributed by atoms with E-state index >= 15 is 0 Å². The van der Waals surface area contributed by atoms with Crippen molar-refractivity contribution in [3.8, 4) is 0 Å². The van der Waals surface area contributed by atoms with Crippen molar-refractivity contribution < 1.29 is 19.1 Å². The molecule has 3 rings (SSSR count). The molecule has 6 nitrogen and oxygen atoms in total. The van der Waals surface area contributed by atoms with Crippen LogP contribution in [0.1, 0.15) is 49.3 Å². The van der Waals surface area contributed by atoms with E-state index in [4.69, 9.17) is 5.11 Å². The summed E-state index contributed by atoms with van der Waals surface area (Å²) in [5.41, 5.74) is 2.00. The maximum Gasteiger partial charge on any atom is 0.317 e. The first-order valence-electron chi connectivity index (χ1n) is 9.70. The van der Waals surface area contributed by atoms with Crippen molar-refractivity contribution in [3.63, 3.8) is 0 Å². The average molecular weight is 377 g/mol. The molecule has 2 atom stereocenters. The van der Waals surface area contributed by atoms with Gasteiger partial charge in [0.2, 0.25) is 0 Å². The molecule has 27 heavy (non-hydrogen) atoms. The van der Waals surface area contributed by atoms with Gasteiger partial charge in [0.15, 0.2) is 0 Å². The lowest BCUT2D eigenvalue weighted by molar-refractivity contribution is -0.138. The Balaban J connectivity index is 1.59. The Labute approximate surface area is 159 Å². The Morgan fingerprint density at radius 3 is 2.85 bits per heavy atom. The molecule has 148 valence electrons. The van der Waals surface area contributed by atoms with Gasteiger partial charge in [0.25, 0.3) is 0 Å². The molecule has 0 aromatic heterocycles. The second kappa shape index (κ2) is 8.69. The number of nitrogens with zero attached hydrogens (tertiary/aromatic N) is 2. The number of urea groups is 1. The summed E-state index contributed by atoms with van der Waals surface area (Å²) in [5.74, 6) is -1.10. The molecule has 1 saturated heterocycles. The predicted octanol–water partition coefficient (Wildman–Crippen LogP) is 2.78. The minimum Gasteiger partial charge on any atom is -0.480 e. The van der Waals surface area contributed by atoms with Crippen molar-refractivity contribution in [1.82, 2.24) is 15.1 Å². The van der Waals surface area contributed by atoms with Crippen LogP contribution in [0.4, 0.5) is 9.18 Å². The first-order chi connectivity index (χ1) is 12.9. The van der Waals surface area contributed by atoms with Gasteiger partial charge in [-0.05, 0) is 68.8 Å². The minimum atomic E-state index is -0.834. The number of carbonyl (C=O) groups excluding carboxylic acids is 1. The molecule has 1 aromatic rings. The summed E-state index contributed by atoms with van der Waals surface area (Å²) in [6.07, 6.45) is 5.20. The topological polar surface area (TPSA) is 72.9 Å². The van der Waals surface area contributed by atoms with Crippen LogP contribution in [0, 0.1) is 5.82 Å². The molecular weight excluding hydrogens is 349 g/mol. The van der Waals surface area contributed by atoms with Crippen LogP contribution in [0.5, 0.6) is 0 Å². The van der Waals surface area contributed by atoms with Gasteiger partial charge >= 0.3 is 12.0 Å². The van der Waals surface area contributed by atoms with Gasteiger partial charge in [-0.3, -0.25) is 9.69 Å².